The molecular weight excluding hydrogens is 328 g/mol. The molecule has 1 heterocycles. The Morgan fingerprint density at radius 2 is 1.77 bits per heavy atom. The predicted octanol–water partition coefficient (Wildman–Crippen LogP) is 2.71. The zero-order valence-electron chi connectivity index (χ0n) is 14.0. The zero-order chi connectivity index (χ0) is 18.1. The number of nitrogens with one attached hydrogen (secondary N) is 1. The van der Waals surface area contributed by atoms with Gasteiger partial charge in [0.1, 0.15) is 5.69 Å². The number of carbonyl (C=O) groups is 2. The van der Waals surface area contributed by atoms with Crippen molar-refractivity contribution in [1.29, 1.82) is 0 Å². The molecule has 1 aromatic heterocycles. The molecule has 3 aromatic rings. The summed E-state index contributed by atoms with van der Waals surface area (Å²) in [4.78, 5) is 23.9. The van der Waals surface area contributed by atoms with E-state index in [2.05, 4.69) is 22.5 Å². The van der Waals surface area contributed by atoms with Gasteiger partial charge >= 0.3 is 0 Å². The molecule has 1 aliphatic rings. The third-order valence-electron chi connectivity index (χ3n) is 4.61. The van der Waals surface area contributed by atoms with E-state index in [1.165, 1.54) is 10.2 Å². The Balaban J connectivity index is 1.52. The van der Waals surface area contributed by atoms with Crippen LogP contribution in [0.25, 0.3) is 5.69 Å². The molecule has 1 aliphatic carbocycles. The highest BCUT2D eigenvalue weighted by Gasteiger charge is 2.43. The molecule has 2 aromatic carbocycles. The van der Waals surface area contributed by atoms with Gasteiger partial charge in [-0.25, -0.2) is 4.68 Å². The Bertz CT molecular complexity index is 965. The van der Waals surface area contributed by atoms with Gasteiger partial charge < -0.3 is 11.1 Å². The first-order valence-corrected chi connectivity index (χ1v) is 8.44. The molecule has 2 atom stereocenters. The lowest BCUT2D eigenvalue weighted by Gasteiger charge is -2.11. The summed E-state index contributed by atoms with van der Waals surface area (Å²) >= 11 is 0. The molecule has 0 spiro atoms. The summed E-state index contributed by atoms with van der Waals surface area (Å²) in [7, 11) is 0. The maximum absolute atomic E-state index is 12.6. The smallest absolute Gasteiger partial charge is 0.269 e. The number of anilines is 1. The molecule has 1 fully saturated rings. The average Bonchev–Trinajstić information content (AvgIpc) is 3.31. The monoisotopic (exact) mass is 346 g/mol. The van der Waals surface area contributed by atoms with Gasteiger partial charge in [0.05, 0.1) is 11.4 Å². The first-order valence-electron chi connectivity index (χ1n) is 8.44. The predicted molar refractivity (Wildman–Crippen MR) is 98.0 cm³/mol. The number of amides is 2. The van der Waals surface area contributed by atoms with E-state index in [1.807, 2.05) is 42.5 Å². The molecule has 0 bridgehead atoms. The van der Waals surface area contributed by atoms with Crippen molar-refractivity contribution in [2.75, 3.05) is 5.32 Å². The number of hydrogen-bond acceptors (Lipinski definition) is 3. The highest BCUT2D eigenvalue weighted by molar-refractivity contribution is 5.97. The Kier molecular flexibility index (Phi) is 4.01. The molecule has 1 saturated carbocycles. The standard InChI is InChI=1S/C20H18N4O2/c21-19(25)17-10-11-24(23-17)18-9-5-4-8-16(18)22-20(26)15-12-14(15)13-6-2-1-3-7-13/h1-11,14-15H,12H2,(H2,21,25)(H,22,26). The van der Waals surface area contributed by atoms with Crippen LogP contribution in [0.15, 0.2) is 66.9 Å². The van der Waals surface area contributed by atoms with Crippen molar-refractivity contribution in [2.24, 2.45) is 11.7 Å². The van der Waals surface area contributed by atoms with Crippen molar-refractivity contribution >= 4 is 17.5 Å². The quantitative estimate of drug-likeness (QED) is 0.744. The van der Waals surface area contributed by atoms with E-state index in [1.54, 1.807) is 12.3 Å². The van der Waals surface area contributed by atoms with Crippen molar-refractivity contribution < 1.29 is 9.59 Å². The number of nitrogens with two attached hydrogens (primary N) is 1. The molecule has 130 valence electrons. The molecule has 2 unspecified atom stereocenters. The summed E-state index contributed by atoms with van der Waals surface area (Å²) in [5.41, 5.74) is 7.96. The van der Waals surface area contributed by atoms with E-state index in [4.69, 9.17) is 5.73 Å². The van der Waals surface area contributed by atoms with Gasteiger partial charge in [0, 0.05) is 12.1 Å². The molecule has 0 aliphatic heterocycles. The third kappa shape index (κ3) is 3.09. The van der Waals surface area contributed by atoms with Crippen molar-refractivity contribution in [3.63, 3.8) is 0 Å². The number of nitrogens with zero attached hydrogens (tertiary/aromatic N) is 2. The SMILES string of the molecule is NC(=O)c1ccn(-c2ccccc2NC(=O)C2CC2c2ccccc2)n1. The number of benzene rings is 2. The largest absolute Gasteiger partial charge is 0.364 e. The van der Waals surface area contributed by atoms with Crippen molar-refractivity contribution in [3.05, 3.63) is 78.1 Å². The van der Waals surface area contributed by atoms with Crippen LogP contribution in [0.5, 0.6) is 0 Å². The first kappa shape index (κ1) is 16.1. The van der Waals surface area contributed by atoms with Crippen molar-refractivity contribution in [3.8, 4) is 5.69 Å². The highest BCUT2D eigenvalue weighted by Crippen LogP contribution is 2.48. The first-order chi connectivity index (χ1) is 12.6. The second-order valence-corrected chi connectivity index (χ2v) is 6.38. The molecular formula is C20H18N4O2. The van der Waals surface area contributed by atoms with Crippen LogP contribution in [-0.4, -0.2) is 21.6 Å². The van der Waals surface area contributed by atoms with Crippen LogP contribution in [0.2, 0.25) is 0 Å². The van der Waals surface area contributed by atoms with Gasteiger partial charge in [0.15, 0.2) is 0 Å². The number of primary amides is 1. The number of rotatable bonds is 5. The molecule has 0 saturated heterocycles. The molecule has 4 rings (SSSR count). The Labute approximate surface area is 150 Å². The molecule has 2 amide bonds. The summed E-state index contributed by atoms with van der Waals surface area (Å²) in [6, 6.07) is 19.0. The Morgan fingerprint density at radius 1 is 1.04 bits per heavy atom. The highest BCUT2D eigenvalue weighted by atomic mass is 16.2. The lowest BCUT2D eigenvalue weighted by molar-refractivity contribution is -0.117. The van der Waals surface area contributed by atoms with E-state index in [0.717, 1.165) is 6.42 Å². The fraction of sp³-hybridized carbons (Fsp3) is 0.150. The normalized spacial score (nSPS) is 18.3. The molecule has 3 N–H and O–H groups in total. The lowest BCUT2D eigenvalue weighted by atomic mass is 10.1. The number of aromatic nitrogens is 2. The van der Waals surface area contributed by atoms with Gasteiger partial charge in [0.2, 0.25) is 5.91 Å². The third-order valence-corrected chi connectivity index (χ3v) is 4.61. The maximum atomic E-state index is 12.6. The maximum Gasteiger partial charge on any atom is 0.269 e. The van der Waals surface area contributed by atoms with Gasteiger partial charge in [-0.05, 0) is 36.1 Å². The minimum absolute atomic E-state index is 0.00594. The average molecular weight is 346 g/mol. The van der Waals surface area contributed by atoms with Gasteiger partial charge in [-0.3, -0.25) is 9.59 Å². The van der Waals surface area contributed by atoms with Crippen molar-refractivity contribution in [1.82, 2.24) is 9.78 Å². The van der Waals surface area contributed by atoms with E-state index in [-0.39, 0.29) is 23.4 Å². The number of hydrogen-bond donors (Lipinski definition) is 2. The summed E-state index contributed by atoms with van der Waals surface area (Å²) in [6.07, 6.45) is 2.50. The fourth-order valence-electron chi connectivity index (χ4n) is 3.15. The van der Waals surface area contributed by atoms with Crippen LogP contribution >= 0.6 is 0 Å². The molecule has 0 radical (unpaired) electrons. The van der Waals surface area contributed by atoms with Gasteiger partial charge in [-0.1, -0.05) is 42.5 Å². The second kappa shape index (κ2) is 6.48. The summed E-state index contributed by atoms with van der Waals surface area (Å²) < 4.78 is 1.54. The second-order valence-electron chi connectivity index (χ2n) is 6.38. The van der Waals surface area contributed by atoms with Gasteiger partial charge in [-0.15, -0.1) is 0 Å². The van der Waals surface area contributed by atoms with Crippen LogP contribution in [0.4, 0.5) is 5.69 Å². The van der Waals surface area contributed by atoms with Crippen LogP contribution in [0, 0.1) is 5.92 Å². The van der Waals surface area contributed by atoms with E-state index < -0.39 is 5.91 Å². The van der Waals surface area contributed by atoms with E-state index in [0.29, 0.717) is 11.4 Å². The summed E-state index contributed by atoms with van der Waals surface area (Å²) in [6.45, 7) is 0. The topological polar surface area (TPSA) is 90.0 Å². The Morgan fingerprint density at radius 3 is 2.50 bits per heavy atom. The van der Waals surface area contributed by atoms with Crippen molar-refractivity contribution in [2.45, 2.75) is 12.3 Å². The minimum atomic E-state index is -0.589. The van der Waals surface area contributed by atoms with E-state index >= 15 is 0 Å². The van der Waals surface area contributed by atoms with Crippen LogP contribution in [-0.2, 0) is 4.79 Å². The molecule has 26 heavy (non-hydrogen) atoms. The number of carbonyl (C=O) groups excluding carboxylic acids is 2. The Hall–Kier alpha value is -3.41. The van der Waals surface area contributed by atoms with Crippen LogP contribution in [0.1, 0.15) is 28.4 Å². The van der Waals surface area contributed by atoms with Gasteiger partial charge in [0.25, 0.3) is 5.91 Å². The lowest BCUT2D eigenvalue weighted by Crippen LogP contribution is -2.17. The molecule has 6 heteroatoms. The zero-order valence-corrected chi connectivity index (χ0v) is 14.0. The van der Waals surface area contributed by atoms with Crippen LogP contribution in [0.3, 0.4) is 0 Å². The molecule has 6 nitrogen and oxygen atoms in total. The number of para-hydroxylation sites is 2. The van der Waals surface area contributed by atoms with Gasteiger partial charge in [-0.2, -0.15) is 5.10 Å². The summed E-state index contributed by atoms with van der Waals surface area (Å²) in [5, 5.41) is 7.16. The summed E-state index contributed by atoms with van der Waals surface area (Å²) in [5.74, 6) is -0.346. The minimum Gasteiger partial charge on any atom is -0.364 e. The van der Waals surface area contributed by atoms with Crippen LogP contribution < -0.4 is 11.1 Å². The fourth-order valence-corrected chi connectivity index (χ4v) is 3.15. The van der Waals surface area contributed by atoms with E-state index in [9.17, 15) is 9.59 Å².